The fourth-order valence-corrected chi connectivity index (χ4v) is 2.90. The van der Waals surface area contributed by atoms with E-state index in [4.69, 9.17) is 10.5 Å². The molecule has 3 heteroatoms. The second kappa shape index (κ2) is 4.16. The Morgan fingerprint density at radius 1 is 1.11 bits per heavy atom. The van der Waals surface area contributed by atoms with E-state index in [9.17, 15) is 0 Å². The van der Waals surface area contributed by atoms with E-state index in [2.05, 4.69) is 57.7 Å². The highest BCUT2D eigenvalue weighted by Crippen LogP contribution is 2.34. The Morgan fingerprint density at radius 2 is 1.67 bits per heavy atom. The van der Waals surface area contributed by atoms with Crippen molar-refractivity contribution in [2.24, 2.45) is 0 Å². The lowest BCUT2D eigenvalue weighted by atomic mass is 9.97. The van der Waals surface area contributed by atoms with Crippen LogP contribution in [0.2, 0.25) is 0 Å². The van der Waals surface area contributed by atoms with Gasteiger partial charge in [0.2, 0.25) is 0 Å². The summed E-state index contributed by atoms with van der Waals surface area (Å²) in [4.78, 5) is 2.34. The molecule has 100 valence electrons. The maximum atomic E-state index is 6.21. The Bertz CT molecular complexity index is 436. The number of benzene rings is 1. The van der Waals surface area contributed by atoms with Gasteiger partial charge in [-0.3, -0.25) is 0 Å². The Hall–Kier alpha value is -1.22. The highest BCUT2D eigenvalue weighted by Gasteiger charge is 2.38. The number of hydrogen-bond acceptors (Lipinski definition) is 3. The van der Waals surface area contributed by atoms with E-state index in [1.165, 1.54) is 0 Å². The highest BCUT2D eigenvalue weighted by atomic mass is 16.5. The lowest BCUT2D eigenvalue weighted by molar-refractivity contribution is -0.133. The minimum absolute atomic E-state index is 0.155. The van der Waals surface area contributed by atoms with Crippen LogP contribution in [0.5, 0.6) is 0 Å². The zero-order valence-electron chi connectivity index (χ0n) is 12.1. The maximum Gasteiger partial charge on any atom is 0.0808 e. The van der Waals surface area contributed by atoms with Crippen molar-refractivity contribution in [1.82, 2.24) is 0 Å². The summed E-state index contributed by atoms with van der Waals surface area (Å²) in [5.41, 5.74) is 9.04. The van der Waals surface area contributed by atoms with Crippen LogP contribution in [0, 0.1) is 6.92 Å². The molecule has 1 aromatic carbocycles. The number of morpholine rings is 1. The smallest absolute Gasteiger partial charge is 0.0808 e. The first-order valence-electron chi connectivity index (χ1n) is 6.50. The number of ether oxygens (including phenoxy) is 1. The Balaban J connectivity index is 2.36. The second-order valence-corrected chi connectivity index (χ2v) is 6.49. The molecule has 1 saturated heterocycles. The van der Waals surface area contributed by atoms with Gasteiger partial charge in [-0.2, -0.15) is 0 Å². The molecule has 1 fully saturated rings. The van der Waals surface area contributed by atoms with Crippen LogP contribution < -0.4 is 10.6 Å². The van der Waals surface area contributed by atoms with Crippen molar-refractivity contribution in [2.75, 3.05) is 23.7 Å². The quantitative estimate of drug-likeness (QED) is 0.777. The molecule has 0 aromatic heterocycles. The molecule has 1 aromatic rings. The molecular formula is C15H24N2O. The van der Waals surface area contributed by atoms with Gasteiger partial charge in [0, 0.05) is 13.1 Å². The van der Waals surface area contributed by atoms with E-state index in [0.717, 1.165) is 30.0 Å². The molecule has 0 saturated carbocycles. The Kier molecular flexibility index (Phi) is 3.06. The van der Waals surface area contributed by atoms with E-state index in [0.29, 0.717) is 0 Å². The van der Waals surface area contributed by atoms with Crippen molar-refractivity contribution in [2.45, 2.75) is 45.8 Å². The molecule has 0 bridgehead atoms. The van der Waals surface area contributed by atoms with Gasteiger partial charge in [-0.15, -0.1) is 0 Å². The average molecular weight is 248 g/mol. The average Bonchev–Trinajstić information content (AvgIpc) is 2.17. The molecule has 2 N–H and O–H groups in total. The molecule has 1 heterocycles. The van der Waals surface area contributed by atoms with E-state index in [1.54, 1.807) is 0 Å². The number of anilines is 2. The van der Waals surface area contributed by atoms with Crippen LogP contribution >= 0.6 is 0 Å². The summed E-state index contributed by atoms with van der Waals surface area (Å²) in [7, 11) is 0. The summed E-state index contributed by atoms with van der Waals surface area (Å²) < 4.78 is 6.10. The second-order valence-electron chi connectivity index (χ2n) is 6.49. The van der Waals surface area contributed by atoms with Crippen molar-refractivity contribution >= 4 is 11.4 Å². The van der Waals surface area contributed by atoms with Crippen molar-refractivity contribution in [3.05, 3.63) is 23.8 Å². The predicted octanol–water partition coefficient (Wildman–Crippen LogP) is 2.97. The highest BCUT2D eigenvalue weighted by molar-refractivity contribution is 5.71. The Morgan fingerprint density at radius 3 is 2.22 bits per heavy atom. The van der Waals surface area contributed by atoms with Crippen molar-refractivity contribution in [3.8, 4) is 0 Å². The summed E-state index contributed by atoms with van der Waals surface area (Å²) in [5.74, 6) is 0. The first kappa shape index (κ1) is 13.2. The molecule has 0 spiro atoms. The largest absolute Gasteiger partial charge is 0.397 e. The van der Waals surface area contributed by atoms with Crippen molar-refractivity contribution in [3.63, 3.8) is 0 Å². The third-order valence-corrected chi connectivity index (χ3v) is 3.34. The van der Waals surface area contributed by atoms with Crippen LogP contribution in [0.15, 0.2) is 18.2 Å². The van der Waals surface area contributed by atoms with Gasteiger partial charge in [-0.05, 0) is 46.2 Å². The van der Waals surface area contributed by atoms with Crippen LogP contribution in [0.25, 0.3) is 0 Å². The van der Waals surface area contributed by atoms with Crippen LogP contribution in [0.1, 0.15) is 33.3 Å². The molecule has 1 aliphatic heterocycles. The third-order valence-electron chi connectivity index (χ3n) is 3.34. The number of nitrogen functional groups attached to an aromatic ring is 1. The molecule has 0 radical (unpaired) electrons. The fourth-order valence-electron chi connectivity index (χ4n) is 2.90. The number of para-hydroxylation sites is 1. The topological polar surface area (TPSA) is 38.5 Å². The van der Waals surface area contributed by atoms with Crippen LogP contribution in [-0.2, 0) is 4.74 Å². The molecule has 0 aliphatic carbocycles. The number of nitrogens with zero attached hydrogens (tertiary/aromatic N) is 1. The SMILES string of the molecule is Cc1cccc(N2CC(C)(C)OC(C)(C)C2)c1N. The molecular weight excluding hydrogens is 224 g/mol. The normalized spacial score (nSPS) is 21.9. The van der Waals surface area contributed by atoms with E-state index < -0.39 is 0 Å². The van der Waals surface area contributed by atoms with Crippen LogP contribution in [0.4, 0.5) is 11.4 Å². The standard InChI is InChI=1S/C15H24N2O/c1-11-7-6-8-12(13(11)16)17-9-14(2,3)18-15(4,5)10-17/h6-8H,9-10,16H2,1-5H3. The van der Waals surface area contributed by atoms with E-state index >= 15 is 0 Å². The summed E-state index contributed by atoms with van der Waals surface area (Å²) in [6.07, 6.45) is 0. The number of hydrogen-bond donors (Lipinski definition) is 1. The van der Waals surface area contributed by atoms with Gasteiger partial charge in [-0.1, -0.05) is 12.1 Å². The minimum atomic E-state index is -0.155. The fraction of sp³-hybridized carbons (Fsp3) is 0.600. The number of rotatable bonds is 1. The third kappa shape index (κ3) is 2.61. The molecule has 0 atom stereocenters. The minimum Gasteiger partial charge on any atom is -0.397 e. The first-order valence-corrected chi connectivity index (χ1v) is 6.50. The van der Waals surface area contributed by atoms with Gasteiger partial charge in [0.15, 0.2) is 0 Å². The monoisotopic (exact) mass is 248 g/mol. The molecule has 1 aliphatic rings. The summed E-state index contributed by atoms with van der Waals surface area (Å²) in [5, 5.41) is 0. The van der Waals surface area contributed by atoms with Gasteiger partial charge >= 0.3 is 0 Å². The summed E-state index contributed by atoms with van der Waals surface area (Å²) in [6.45, 7) is 12.3. The zero-order valence-corrected chi connectivity index (χ0v) is 12.1. The lowest BCUT2D eigenvalue weighted by Crippen LogP contribution is -2.57. The molecule has 0 amide bonds. The van der Waals surface area contributed by atoms with E-state index in [-0.39, 0.29) is 11.2 Å². The van der Waals surface area contributed by atoms with Crippen molar-refractivity contribution < 1.29 is 4.74 Å². The van der Waals surface area contributed by atoms with Gasteiger partial charge in [0.05, 0.1) is 22.6 Å². The van der Waals surface area contributed by atoms with E-state index in [1.807, 2.05) is 0 Å². The lowest BCUT2D eigenvalue weighted by Gasteiger charge is -2.48. The van der Waals surface area contributed by atoms with Crippen LogP contribution in [0.3, 0.4) is 0 Å². The summed E-state index contributed by atoms with van der Waals surface area (Å²) >= 11 is 0. The molecule has 2 rings (SSSR count). The van der Waals surface area contributed by atoms with Crippen molar-refractivity contribution in [1.29, 1.82) is 0 Å². The van der Waals surface area contributed by atoms with Gasteiger partial charge in [0.25, 0.3) is 0 Å². The molecule has 0 unspecified atom stereocenters. The number of aryl methyl sites for hydroxylation is 1. The zero-order chi connectivity index (χ0) is 13.6. The first-order chi connectivity index (χ1) is 8.20. The molecule has 3 nitrogen and oxygen atoms in total. The molecule has 18 heavy (non-hydrogen) atoms. The van der Waals surface area contributed by atoms with Crippen LogP contribution in [-0.4, -0.2) is 24.3 Å². The predicted molar refractivity (Wildman–Crippen MR) is 77.0 cm³/mol. The van der Waals surface area contributed by atoms with Gasteiger partial charge in [-0.25, -0.2) is 0 Å². The van der Waals surface area contributed by atoms with Gasteiger partial charge in [0.1, 0.15) is 0 Å². The Labute approximate surface area is 110 Å². The van der Waals surface area contributed by atoms with Gasteiger partial charge < -0.3 is 15.4 Å². The number of nitrogens with two attached hydrogens (primary N) is 1. The summed E-state index contributed by atoms with van der Waals surface area (Å²) in [6, 6.07) is 6.21. The maximum absolute atomic E-state index is 6.21.